The Balaban J connectivity index is 1.35. The third kappa shape index (κ3) is 3.37. The van der Waals surface area contributed by atoms with Crippen LogP contribution in [-0.2, 0) is 11.2 Å². The van der Waals surface area contributed by atoms with Crippen molar-refractivity contribution in [2.45, 2.75) is 24.9 Å². The van der Waals surface area contributed by atoms with Crippen LogP contribution in [0.25, 0.3) is 5.65 Å². The molecule has 1 amide bonds. The Morgan fingerprint density at radius 2 is 2.03 bits per heavy atom. The van der Waals surface area contributed by atoms with Gasteiger partial charge < -0.3 is 25.0 Å². The number of morpholine rings is 1. The van der Waals surface area contributed by atoms with Crippen molar-refractivity contribution in [3.63, 3.8) is 0 Å². The van der Waals surface area contributed by atoms with E-state index in [1.165, 1.54) is 0 Å². The van der Waals surface area contributed by atoms with E-state index in [4.69, 9.17) is 9.47 Å². The molecule has 0 radical (unpaired) electrons. The molecule has 0 bridgehead atoms. The molecule has 0 aliphatic carbocycles. The molecule has 9 heteroatoms. The summed E-state index contributed by atoms with van der Waals surface area (Å²) in [5.74, 6) is 0.715. The van der Waals surface area contributed by atoms with Crippen LogP contribution in [0, 0.1) is 0 Å². The zero-order valence-corrected chi connectivity index (χ0v) is 17.8. The predicted molar refractivity (Wildman–Crippen MR) is 120 cm³/mol. The van der Waals surface area contributed by atoms with Crippen LogP contribution >= 0.6 is 0 Å². The van der Waals surface area contributed by atoms with E-state index < -0.39 is 0 Å². The Hall–Kier alpha value is -3.17. The lowest BCUT2D eigenvalue weighted by atomic mass is 9.88. The van der Waals surface area contributed by atoms with Crippen molar-refractivity contribution in [3.05, 3.63) is 47.9 Å². The first-order valence-corrected chi connectivity index (χ1v) is 11.2. The number of fused-ring (bicyclic) bond motifs is 2. The maximum Gasteiger partial charge on any atom is 0.261 e. The van der Waals surface area contributed by atoms with Crippen LogP contribution in [0.2, 0.25) is 0 Å². The third-order valence-corrected chi connectivity index (χ3v) is 6.66. The molecular weight excluding hydrogens is 408 g/mol. The minimum absolute atomic E-state index is 0.134. The topological polar surface area (TPSA) is 93.0 Å². The lowest BCUT2D eigenvalue weighted by Gasteiger charge is -2.33. The number of nitrogens with one attached hydrogen (secondary N) is 2. The number of carbonyl (C=O) groups is 1. The van der Waals surface area contributed by atoms with Crippen LogP contribution in [0.1, 0.15) is 28.8 Å². The van der Waals surface area contributed by atoms with Crippen molar-refractivity contribution < 1.29 is 14.3 Å². The van der Waals surface area contributed by atoms with Gasteiger partial charge in [-0.3, -0.25) is 4.79 Å². The SMILES string of the molecule is O=C(Nc1cc2c(cc1N1CCOCC1)OC1(CCNCC1)C2)c1cnn2cccnc12. The quantitative estimate of drug-likeness (QED) is 0.650. The highest BCUT2D eigenvalue weighted by Crippen LogP contribution is 2.44. The molecule has 166 valence electrons. The minimum atomic E-state index is -0.219. The van der Waals surface area contributed by atoms with Gasteiger partial charge in [-0.25, -0.2) is 9.50 Å². The molecule has 32 heavy (non-hydrogen) atoms. The van der Waals surface area contributed by atoms with E-state index in [0.29, 0.717) is 24.4 Å². The van der Waals surface area contributed by atoms with Crippen molar-refractivity contribution in [2.75, 3.05) is 49.6 Å². The molecular formula is C23H26N6O3. The summed E-state index contributed by atoms with van der Waals surface area (Å²) < 4.78 is 13.7. The van der Waals surface area contributed by atoms with Crippen LogP contribution in [-0.4, -0.2) is 65.5 Å². The summed E-state index contributed by atoms with van der Waals surface area (Å²) in [6.45, 7) is 4.81. The van der Waals surface area contributed by atoms with Crippen molar-refractivity contribution in [2.24, 2.45) is 0 Å². The molecule has 0 unspecified atom stereocenters. The number of hydrogen-bond donors (Lipinski definition) is 2. The fourth-order valence-corrected chi connectivity index (χ4v) is 4.97. The summed E-state index contributed by atoms with van der Waals surface area (Å²) in [6, 6.07) is 5.98. The molecule has 6 rings (SSSR count). The van der Waals surface area contributed by atoms with Gasteiger partial charge in [0.1, 0.15) is 16.9 Å². The maximum absolute atomic E-state index is 13.2. The summed E-state index contributed by atoms with van der Waals surface area (Å²) in [7, 11) is 0. The molecule has 3 aliphatic rings. The zero-order valence-electron chi connectivity index (χ0n) is 17.8. The van der Waals surface area contributed by atoms with Gasteiger partial charge >= 0.3 is 0 Å². The van der Waals surface area contributed by atoms with E-state index in [-0.39, 0.29) is 11.5 Å². The Kier molecular flexibility index (Phi) is 4.73. The van der Waals surface area contributed by atoms with Gasteiger partial charge in [0.2, 0.25) is 0 Å². The Bertz CT molecular complexity index is 1160. The van der Waals surface area contributed by atoms with Gasteiger partial charge in [-0.15, -0.1) is 0 Å². The number of piperidine rings is 1. The smallest absolute Gasteiger partial charge is 0.261 e. The van der Waals surface area contributed by atoms with Crippen molar-refractivity contribution in [3.8, 4) is 5.75 Å². The number of anilines is 2. The van der Waals surface area contributed by atoms with Crippen LogP contribution in [0.5, 0.6) is 5.75 Å². The molecule has 2 fully saturated rings. The molecule has 3 aliphatic heterocycles. The number of hydrogen-bond acceptors (Lipinski definition) is 7. The molecule has 2 saturated heterocycles. The number of rotatable bonds is 3. The number of aromatic nitrogens is 3. The first kappa shape index (κ1) is 19.5. The first-order valence-electron chi connectivity index (χ1n) is 11.2. The van der Waals surface area contributed by atoms with E-state index >= 15 is 0 Å². The summed E-state index contributed by atoms with van der Waals surface area (Å²) >= 11 is 0. The standard InChI is InChI=1S/C23H26N6O3/c30-22(17-15-26-29-7-1-4-25-21(17)29)27-18-12-16-14-23(2-5-24-6-3-23)32-20(16)13-19(18)28-8-10-31-11-9-28/h1,4,7,12-13,15,24H,2-3,5-6,8-11,14H2,(H,27,30). The Labute approximate surface area is 185 Å². The molecule has 3 aromatic rings. The highest BCUT2D eigenvalue weighted by atomic mass is 16.5. The monoisotopic (exact) mass is 434 g/mol. The van der Waals surface area contributed by atoms with Gasteiger partial charge in [0.25, 0.3) is 5.91 Å². The fourth-order valence-electron chi connectivity index (χ4n) is 4.97. The number of amides is 1. The number of ether oxygens (including phenoxy) is 2. The van der Waals surface area contributed by atoms with E-state index in [2.05, 4.69) is 37.7 Å². The van der Waals surface area contributed by atoms with Gasteiger partial charge in [0.05, 0.1) is 30.8 Å². The summed E-state index contributed by atoms with van der Waals surface area (Å²) in [5.41, 5.74) is 3.76. The summed E-state index contributed by atoms with van der Waals surface area (Å²) in [4.78, 5) is 19.8. The second-order valence-electron chi connectivity index (χ2n) is 8.69. The second kappa shape index (κ2) is 7.75. The number of benzene rings is 1. The maximum atomic E-state index is 13.2. The van der Waals surface area contributed by atoms with Crippen LogP contribution in [0.15, 0.2) is 36.8 Å². The van der Waals surface area contributed by atoms with Crippen molar-refractivity contribution in [1.82, 2.24) is 19.9 Å². The van der Waals surface area contributed by atoms with Crippen LogP contribution in [0.4, 0.5) is 11.4 Å². The Morgan fingerprint density at radius 3 is 2.88 bits per heavy atom. The van der Waals surface area contributed by atoms with E-state index in [1.807, 2.05) is 0 Å². The van der Waals surface area contributed by atoms with Gasteiger partial charge in [0, 0.05) is 43.5 Å². The van der Waals surface area contributed by atoms with Gasteiger partial charge in [-0.05, 0) is 38.1 Å². The average Bonchev–Trinajstić information content (AvgIpc) is 3.40. The summed E-state index contributed by atoms with van der Waals surface area (Å²) in [5, 5.41) is 10.8. The van der Waals surface area contributed by atoms with Gasteiger partial charge in [0.15, 0.2) is 5.65 Å². The molecule has 1 spiro atoms. The average molecular weight is 435 g/mol. The van der Waals surface area contributed by atoms with Crippen LogP contribution in [0.3, 0.4) is 0 Å². The lowest BCUT2D eigenvalue weighted by Crippen LogP contribution is -2.45. The van der Waals surface area contributed by atoms with E-state index in [1.54, 1.807) is 29.2 Å². The molecule has 2 aromatic heterocycles. The van der Waals surface area contributed by atoms with Gasteiger partial charge in [-0.1, -0.05) is 0 Å². The molecule has 5 heterocycles. The van der Waals surface area contributed by atoms with Gasteiger partial charge in [-0.2, -0.15) is 5.10 Å². The van der Waals surface area contributed by atoms with E-state index in [9.17, 15) is 4.79 Å². The zero-order chi connectivity index (χ0) is 21.5. The largest absolute Gasteiger partial charge is 0.486 e. The Morgan fingerprint density at radius 1 is 1.19 bits per heavy atom. The highest BCUT2D eigenvalue weighted by molar-refractivity contribution is 6.09. The fraction of sp³-hybridized carbons (Fsp3) is 0.435. The molecule has 1 aromatic carbocycles. The van der Waals surface area contributed by atoms with E-state index in [0.717, 1.165) is 68.1 Å². The summed E-state index contributed by atoms with van der Waals surface area (Å²) in [6.07, 6.45) is 7.86. The molecule has 0 atom stereocenters. The lowest BCUT2D eigenvalue weighted by molar-refractivity contribution is 0.0600. The van der Waals surface area contributed by atoms with Crippen molar-refractivity contribution in [1.29, 1.82) is 0 Å². The number of nitrogens with zero attached hydrogens (tertiary/aromatic N) is 4. The predicted octanol–water partition coefficient (Wildman–Crippen LogP) is 1.88. The molecule has 0 saturated carbocycles. The molecule has 2 N–H and O–H groups in total. The van der Waals surface area contributed by atoms with Crippen molar-refractivity contribution >= 4 is 22.9 Å². The first-order chi connectivity index (χ1) is 15.7. The highest BCUT2D eigenvalue weighted by Gasteiger charge is 2.41. The van der Waals surface area contributed by atoms with Crippen LogP contribution < -0.4 is 20.3 Å². The molecule has 9 nitrogen and oxygen atoms in total. The number of carbonyl (C=O) groups excluding carboxylic acids is 1. The minimum Gasteiger partial charge on any atom is -0.486 e. The second-order valence-corrected chi connectivity index (χ2v) is 8.69. The third-order valence-electron chi connectivity index (χ3n) is 6.66. The normalized spacial score (nSPS) is 19.7.